The first-order valence-corrected chi connectivity index (χ1v) is 4.11. The summed E-state index contributed by atoms with van der Waals surface area (Å²) in [6, 6.07) is 0. The van der Waals surface area contributed by atoms with E-state index in [1.54, 1.807) is 0 Å². The molecule has 0 spiro atoms. The molecule has 16 heavy (non-hydrogen) atoms. The summed E-state index contributed by atoms with van der Waals surface area (Å²) >= 11 is 0. The molecule has 96 valence electrons. The van der Waals surface area contributed by atoms with Crippen LogP contribution in [0.25, 0.3) is 0 Å². The van der Waals surface area contributed by atoms with Gasteiger partial charge >= 0.3 is 18.1 Å². The van der Waals surface area contributed by atoms with Gasteiger partial charge in [0, 0.05) is 7.11 Å². The highest BCUT2D eigenvalue weighted by molar-refractivity contribution is 5.74. The van der Waals surface area contributed by atoms with Crippen LogP contribution in [-0.2, 0) is 19.1 Å². The molecular weight excluding hydrogens is 233 g/mol. The van der Waals surface area contributed by atoms with E-state index in [9.17, 15) is 18.0 Å². The van der Waals surface area contributed by atoms with Gasteiger partial charge in [-0.3, -0.25) is 0 Å². The largest absolute Gasteiger partial charge is 0.490 e. The number of methoxy groups -OCH3 is 2. The maximum atomic E-state index is 10.6. The van der Waals surface area contributed by atoms with Crippen LogP contribution in [0.3, 0.4) is 0 Å². The average Bonchev–Trinajstić information content (AvgIpc) is 2.18. The standard InChI is InChI=1S/C6H12O3.C2HF3O2/c1-4-5(8-2)6(7)9-3;3-2(4,5)1(6)7/h5H,4H2,1-3H3;(H,6,7). The van der Waals surface area contributed by atoms with Crippen LogP contribution in [0.15, 0.2) is 0 Å². The number of carbonyl (C=O) groups excluding carboxylic acids is 1. The van der Waals surface area contributed by atoms with Crippen LogP contribution in [0.4, 0.5) is 13.2 Å². The molecule has 0 aromatic heterocycles. The fourth-order valence-electron chi connectivity index (χ4n) is 0.561. The van der Waals surface area contributed by atoms with Crippen LogP contribution in [-0.4, -0.2) is 43.5 Å². The van der Waals surface area contributed by atoms with E-state index >= 15 is 0 Å². The quantitative estimate of drug-likeness (QED) is 0.758. The number of halogens is 3. The van der Waals surface area contributed by atoms with Gasteiger partial charge in [-0.1, -0.05) is 6.92 Å². The Hall–Kier alpha value is -1.31. The Morgan fingerprint density at radius 1 is 1.31 bits per heavy atom. The third-order valence-electron chi connectivity index (χ3n) is 1.36. The van der Waals surface area contributed by atoms with Crippen LogP contribution >= 0.6 is 0 Å². The zero-order valence-electron chi connectivity index (χ0n) is 9.00. The molecule has 0 aromatic rings. The third-order valence-corrected chi connectivity index (χ3v) is 1.36. The van der Waals surface area contributed by atoms with E-state index in [0.29, 0.717) is 6.42 Å². The highest BCUT2D eigenvalue weighted by atomic mass is 19.4. The van der Waals surface area contributed by atoms with Crippen LogP contribution < -0.4 is 0 Å². The number of hydrogen-bond acceptors (Lipinski definition) is 4. The van der Waals surface area contributed by atoms with Crippen molar-refractivity contribution in [1.82, 2.24) is 0 Å². The number of ether oxygens (including phenoxy) is 2. The van der Waals surface area contributed by atoms with Gasteiger partial charge in [-0.05, 0) is 6.42 Å². The van der Waals surface area contributed by atoms with E-state index in [0.717, 1.165) is 0 Å². The lowest BCUT2D eigenvalue weighted by molar-refractivity contribution is -0.192. The summed E-state index contributed by atoms with van der Waals surface area (Å²) in [6.45, 7) is 1.87. The highest BCUT2D eigenvalue weighted by Gasteiger charge is 2.38. The second-order valence-electron chi connectivity index (χ2n) is 2.46. The van der Waals surface area contributed by atoms with Gasteiger partial charge in [-0.2, -0.15) is 13.2 Å². The second-order valence-corrected chi connectivity index (χ2v) is 2.46. The smallest absolute Gasteiger partial charge is 0.475 e. The predicted octanol–water partition coefficient (Wildman–Crippen LogP) is 1.22. The van der Waals surface area contributed by atoms with Crippen LogP contribution in [0.5, 0.6) is 0 Å². The molecule has 1 unspecified atom stereocenters. The van der Waals surface area contributed by atoms with E-state index in [1.807, 2.05) is 6.92 Å². The van der Waals surface area contributed by atoms with Gasteiger partial charge in [-0.25, -0.2) is 9.59 Å². The SMILES string of the molecule is CCC(OC)C(=O)OC.O=C(O)C(F)(F)F. The van der Waals surface area contributed by atoms with Crippen molar-refractivity contribution in [2.24, 2.45) is 0 Å². The average molecular weight is 246 g/mol. The molecule has 0 aromatic carbocycles. The molecule has 8 heteroatoms. The van der Waals surface area contributed by atoms with E-state index in [1.165, 1.54) is 14.2 Å². The molecule has 5 nitrogen and oxygen atoms in total. The van der Waals surface area contributed by atoms with Crippen LogP contribution in [0, 0.1) is 0 Å². The van der Waals surface area contributed by atoms with Gasteiger partial charge in [0.15, 0.2) is 6.10 Å². The first-order valence-electron chi connectivity index (χ1n) is 4.11. The molecule has 0 heterocycles. The number of aliphatic carboxylic acids is 1. The van der Waals surface area contributed by atoms with E-state index < -0.39 is 18.2 Å². The summed E-state index contributed by atoms with van der Waals surface area (Å²) in [7, 11) is 2.84. The Labute approximate surface area is 90.1 Å². The molecule has 0 radical (unpaired) electrons. The summed E-state index contributed by atoms with van der Waals surface area (Å²) in [6.07, 6.45) is -4.82. The number of rotatable bonds is 3. The summed E-state index contributed by atoms with van der Waals surface area (Å²) < 4.78 is 40.9. The van der Waals surface area contributed by atoms with Crippen molar-refractivity contribution >= 4 is 11.9 Å². The van der Waals surface area contributed by atoms with Gasteiger partial charge in [0.1, 0.15) is 0 Å². The lowest BCUT2D eigenvalue weighted by Gasteiger charge is -2.08. The monoisotopic (exact) mass is 246 g/mol. The minimum absolute atomic E-state index is 0.306. The van der Waals surface area contributed by atoms with Gasteiger partial charge in [0.25, 0.3) is 0 Å². The summed E-state index contributed by atoms with van der Waals surface area (Å²) in [5, 5.41) is 7.12. The van der Waals surface area contributed by atoms with Crippen LogP contribution in [0.2, 0.25) is 0 Å². The third kappa shape index (κ3) is 8.04. The molecule has 1 atom stereocenters. The minimum Gasteiger partial charge on any atom is -0.475 e. The maximum absolute atomic E-state index is 10.6. The molecular formula is C8H13F3O5. The first kappa shape index (κ1) is 17.1. The Morgan fingerprint density at radius 2 is 1.69 bits per heavy atom. The van der Waals surface area contributed by atoms with E-state index in [2.05, 4.69) is 4.74 Å². The first-order chi connectivity index (χ1) is 7.20. The van der Waals surface area contributed by atoms with Crippen molar-refractivity contribution < 1.29 is 37.3 Å². The molecule has 0 fully saturated rings. The number of carboxylic acids is 1. The summed E-state index contributed by atoms with van der Waals surface area (Å²) in [5.74, 6) is -3.06. The summed E-state index contributed by atoms with van der Waals surface area (Å²) in [5.41, 5.74) is 0. The van der Waals surface area contributed by atoms with Crippen molar-refractivity contribution in [1.29, 1.82) is 0 Å². The maximum Gasteiger partial charge on any atom is 0.490 e. The van der Waals surface area contributed by atoms with Crippen molar-refractivity contribution in [2.45, 2.75) is 25.6 Å². The minimum atomic E-state index is -5.08. The lowest BCUT2D eigenvalue weighted by atomic mass is 10.3. The van der Waals surface area contributed by atoms with Gasteiger partial charge in [0.05, 0.1) is 7.11 Å². The highest BCUT2D eigenvalue weighted by Crippen LogP contribution is 2.13. The van der Waals surface area contributed by atoms with Gasteiger partial charge in [0.2, 0.25) is 0 Å². The van der Waals surface area contributed by atoms with Gasteiger partial charge < -0.3 is 14.6 Å². The van der Waals surface area contributed by atoms with Crippen molar-refractivity contribution in [2.75, 3.05) is 14.2 Å². The Kier molecular flexibility index (Phi) is 8.46. The molecule has 1 N–H and O–H groups in total. The Bertz CT molecular complexity index is 222. The predicted molar refractivity (Wildman–Crippen MR) is 46.8 cm³/mol. The number of carboxylic acid groups (broad SMARTS) is 1. The Balaban J connectivity index is 0. The topological polar surface area (TPSA) is 72.8 Å². The molecule has 0 bridgehead atoms. The normalized spacial score (nSPS) is 12.1. The number of esters is 1. The fourth-order valence-corrected chi connectivity index (χ4v) is 0.561. The van der Waals surface area contributed by atoms with E-state index in [4.69, 9.17) is 14.6 Å². The molecule has 0 saturated heterocycles. The molecule has 0 aliphatic carbocycles. The zero-order valence-corrected chi connectivity index (χ0v) is 9.00. The van der Waals surface area contributed by atoms with Crippen molar-refractivity contribution in [3.05, 3.63) is 0 Å². The molecule has 0 amide bonds. The summed E-state index contributed by atoms with van der Waals surface area (Å²) in [4.78, 5) is 19.5. The van der Waals surface area contributed by atoms with Crippen LogP contribution in [0.1, 0.15) is 13.3 Å². The molecule has 0 aliphatic rings. The molecule has 0 rings (SSSR count). The Morgan fingerprint density at radius 3 is 1.75 bits per heavy atom. The number of carbonyl (C=O) groups is 2. The zero-order chi connectivity index (χ0) is 13.4. The van der Waals surface area contributed by atoms with Gasteiger partial charge in [-0.15, -0.1) is 0 Å². The number of hydrogen-bond donors (Lipinski definition) is 1. The van der Waals surface area contributed by atoms with E-state index in [-0.39, 0.29) is 5.97 Å². The molecule has 0 aliphatic heterocycles. The second kappa shape index (κ2) is 7.91. The van der Waals surface area contributed by atoms with Crippen molar-refractivity contribution in [3.63, 3.8) is 0 Å². The lowest BCUT2D eigenvalue weighted by Crippen LogP contribution is -2.22. The molecule has 0 saturated carbocycles. The van der Waals surface area contributed by atoms with Crippen molar-refractivity contribution in [3.8, 4) is 0 Å². The fraction of sp³-hybridized carbons (Fsp3) is 0.750. The number of alkyl halides is 3.